The molecular weight excluding hydrogens is 406 g/mol. The van der Waals surface area contributed by atoms with Crippen LogP contribution in [-0.2, 0) is 4.79 Å². The summed E-state index contributed by atoms with van der Waals surface area (Å²) in [6.07, 6.45) is 3.58. The predicted octanol–water partition coefficient (Wildman–Crippen LogP) is 3.22. The van der Waals surface area contributed by atoms with Gasteiger partial charge in [0.1, 0.15) is 17.5 Å². The maximum absolute atomic E-state index is 12.3. The van der Waals surface area contributed by atoms with Crippen LogP contribution in [-0.4, -0.2) is 42.3 Å². The zero-order valence-corrected chi connectivity index (χ0v) is 18.1. The molecule has 162 valence electrons. The average Bonchev–Trinajstić information content (AvgIpc) is 3.39. The maximum atomic E-state index is 12.3. The van der Waals surface area contributed by atoms with Crippen LogP contribution in [0.25, 0.3) is 11.3 Å². The van der Waals surface area contributed by atoms with Crippen molar-refractivity contribution in [3.8, 4) is 5.69 Å². The number of para-hydroxylation sites is 1. The Kier molecular flexibility index (Phi) is 3.98. The summed E-state index contributed by atoms with van der Waals surface area (Å²) in [6.45, 7) is 4.02. The summed E-state index contributed by atoms with van der Waals surface area (Å²) in [5, 5.41) is 15.5. The van der Waals surface area contributed by atoms with E-state index >= 15 is 0 Å². The minimum Gasteiger partial charge on any atom is -0.361 e. The van der Waals surface area contributed by atoms with Gasteiger partial charge in [-0.15, -0.1) is 0 Å². The first-order valence-electron chi connectivity index (χ1n) is 10.7. The fraction of sp³-hybridized carbons (Fsp3) is 0.318. The van der Waals surface area contributed by atoms with Crippen molar-refractivity contribution in [3.63, 3.8) is 0 Å². The molecule has 1 atom stereocenters. The first kappa shape index (κ1) is 18.8. The molecular formula is C22H23N9O. The van der Waals surface area contributed by atoms with Crippen molar-refractivity contribution in [2.45, 2.75) is 32.7 Å². The van der Waals surface area contributed by atoms with Crippen molar-refractivity contribution < 1.29 is 4.79 Å². The summed E-state index contributed by atoms with van der Waals surface area (Å²) in [5.74, 6) is 3.00. The monoisotopic (exact) mass is 429 g/mol. The van der Waals surface area contributed by atoms with Gasteiger partial charge in [-0.25, -0.2) is 14.6 Å². The predicted molar refractivity (Wildman–Crippen MR) is 121 cm³/mol. The van der Waals surface area contributed by atoms with Crippen LogP contribution >= 0.6 is 0 Å². The number of carbonyl (C=O) groups excluding carboxylic acids is 1. The highest BCUT2D eigenvalue weighted by molar-refractivity contribution is 5.94. The van der Waals surface area contributed by atoms with Gasteiger partial charge in [0.2, 0.25) is 5.91 Å². The normalized spacial score (nSPS) is 17.2. The van der Waals surface area contributed by atoms with E-state index in [-0.39, 0.29) is 17.9 Å². The first-order chi connectivity index (χ1) is 15.5. The molecule has 0 saturated heterocycles. The third-order valence-corrected chi connectivity index (χ3v) is 6.11. The number of nitrogens with one attached hydrogen (secondary N) is 2. The zero-order valence-electron chi connectivity index (χ0n) is 18.1. The number of hydrogen-bond donors (Lipinski definition) is 2. The highest BCUT2D eigenvalue weighted by Crippen LogP contribution is 2.42. The Labute approximate surface area is 184 Å². The third kappa shape index (κ3) is 2.90. The quantitative estimate of drug-likeness (QED) is 0.513. The molecule has 4 aromatic rings. The fourth-order valence-corrected chi connectivity index (χ4v) is 4.20. The molecule has 0 unspecified atom stereocenters. The Hall–Kier alpha value is -3.95. The molecule has 0 radical (unpaired) electrons. The van der Waals surface area contributed by atoms with Crippen LogP contribution in [0.1, 0.15) is 37.5 Å². The Morgan fingerprint density at radius 1 is 1.19 bits per heavy atom. The molecule has 2 N–H and O–H groups in total. The number of carbonyl (C=O) groups is 1. The molecule has 1 saturated carbocycles. The number of anilines is 4. The molecule has 10 nitrogen and oxygen atoms in total. The molecule has 2 aliphatic rings. The molecule has 10 heteroatoms. The highest BCUT2D eigenvalue weighted by Gasteiger charge is 2.31. The van der Waals surface area contributed by atoms with E-state index in [9.17, 15) is 4.79 Å². The zero-order chi connectivity index (χ0) is 22.0. The second-order valence-electron chi connectivity index (χ2n) is 8.41. The van der Waals surface area contributed by atoms with Crippen LogP contribution in [0.3, 0.4) is 0 Å². The van der Waals surface area contributed by atoms with Crippen molar-refractivity contribution in [2.24, 2.45) is 5.92 Å². The van der Waals surface area contributed by atoms with Crippen molar-refractivity contribution >= 4 is 34.6 Å². The number of nitrogens with zero attached hydrogens (tertiary/aromatic N) is 7. The Morgan fingerprint density at radius 2 is 2.03 bits per heavy atom. The van der Waals surface area contributed by atoms with E-state index in [1.165, 1.54) is 0 Å². The topological polar surface area (TPSA) is 105 Å². The van der Waals surface area contributed by atoms with Crippen molar-refractivity contribution in [1.29, 1.82) is 0 Å². The van der Waals surface area contributed by atoms with Crippen LogP contribution in [0.15, 0.2) is 36.5 Å². The minimum absolute atomic E-state index is 0.0204. The average molecular weight is 429 g/mol. The van der Waals surface area contributed by atoms with Crippen LogP contribution in [0.5, 0.6) is 0 Å². The van der Waals surface area contributed by atoms with Crippen molar-refractivity contribution in [1.82, 2.24) is 29.4 Å². The van der Waals surface area contributed by atoms with Gasteiger partial charge in [-0.05, 0) is 38.8 Å². The lowest BCUT2D eigenvalue weighted by Gasteiger charge is -2.34. The highest BCUT2D eigenvalue weighted by atomic mass is 16.2. The lowest BCUT2D eigenvalue weighted by atomic mass is 10.1. The SMILES string of the molecule is Cc1nc2n(n1)-c1cccc(Nc3cc(NC(=O)C4CC4)nc4ccnn34)c1N(C)[C@H]2C. The van der Waals surface area contributed by atoms with E-state index < -0.39 is 0 Å². The second-order valence-corrected chi connectivity index (χ2v) is 8.41. The van der Waals surface area contributed by atoms with Gasteiger partial charge in [0.15, 0.2) is 11.5 Å². The lowest BCUT2D eigenvalue weighted by Crippen LogP contribution is -2.31. The van der Waals surface area contributed by atoms with Crippen LogP contribution < -0.4 is 15.5 Å². The molecule has 3 aromatic heterocycles. The van der Waals surface area contributed by atoms with Gasteiger partial charge in [-0.3, -0.25) is 4.79 Å². The summed E-state index contributed by atoms with van der Waals surface area (Å²) in [7, 11) is 2.06. The van der Waals surface area contributed by atoms with Gasteiger partial charge in [-0.1, -0.05) is 6.07 Å². The number of aromatic nitrogens is 6. The number of amides is 1. The van der Waals surface area contributed by atoms with Gasteiger partial charge < -0.3 is 15.5 Å². The van der Waals surface area contributed by atoms with Gasteiger partial charge in [0.05, 0.1) is 29.3 Å². The summed E-state index contributed by atoms with van der Waals surface area (Å²) in [5.41, 5.74) is 3.53. The molecule has 32 heavy (non-hydrogen) atoms. The third-order valence-electron chi connectivity index (χ3n) is 6.11. The Bertz CT molecular complexity index is 1370. The largest absolute Gasteiger partial charge is 0.361 e. The van der Waals surface area contributed by atoms with Crippen molar-refractivity contribution in [2.75, 3.05) is 22.6 Å². The van der Waals surface area contributed by atoms with Crippen molar-refractivity contribution in [3.05, 3.63) is 48.2 Å². The van der Waals surface area contributed by atoms with Gasteiger partial charge in [0.25, 0.3) is 0 Å². The van der Waals surface area contributed by atoms with Crippen LogP contribution in [0.2, 0.25) is 0 Å². The molecule has 0 spiro atoms. The molecule has 1 aromatic carbocycles. The first-order valence-corrected chi connectivity index (χ1v) is 10.7. The van der Waals surface area contributed by atoms with E-state index in [4.69, 9.17) is 0 Å². The molecule has 1 aliphatic carbocycles. The number of aryl methyl sites for hydroxylation is 1. The number of hydrogen-bond acceptors (Lipinski definition) is 7. The van der Waals surface area contributed by atoms with E-state index in [2.05, 4.69) is 49.7 Å². The van der Waals surface area contributed by atoms with E-state index in [1.54, 1.807) is 10.7 Å². The van der Waals surface area contributed by atoms with E-state index in [0.29, 0.717) is 17.3 Å². The summed E-state index contributed by atoms with van der Waals surface area (Å²) >= 11 is 0. The maximum Gasteiger partial charge on any atom is 0.228 e. The minimum atomic E-state index is 0.0204. The number of benzene rings is 1. The number of rotatable bonds is 4. The smallest absolute Gasteiger partial charge is 0.228 e. The second kappa shape index (κ2) is 6.78. The molecule has 4 heterocycles. The molecule has 0 bridgehead atoms. The molecule has 1 amide bonds. The molecule has 1 fully saturated rings. The van der Waals surface area contributed by atoms with E-state index in [0.717, 1.165) is 41.6 Å². The van der Waals surface area contributed by atoms with Crippen LogP contribution in [0, 0.1) is 12.8 Å². The Balaban J connectivity index is 1.44. The molecule has 6 rings (SSSR count). The summed E-state index contributed by atoms with van der Waals surface area (Å²) in [6, 6.07) is 9.74. The fourth-order valence-electron chi connectivity index (χ4n) is 4.20. The molecule has 1 aliphatic heterocycles. The standard InChI is InChI=1S/C22H23N9O/c1-12-21-24-13(2)28-30(21)16-6-4-5-15(20(16)29(12)3)25-19-11-17(27-22(32)14-7-8-14)26-18-9-10-23-31(18)19/h4-6,9-12,14,25H,7-8H2,1-3H3,(H,26,27,32)/t12-/m0/s1. The summed E-state index contributed by atoms with van der Waals surface area (Å²) in [4.78, 5) is 23.6. The van der Waals surface area contributed by atoms with E-state index in [1.807, 2.05) is 41.9 Å². The number of fused-ring (bicyclic) bond motifs is 4. The van der Waals surface area contributed by atoms with Crippen LogP contribution in [0.4, 0.5) is 23.0 Å². The Morgan fingerprint density at radius 3 is 2.84 bits per heavy atom. The van der Waals surface area contributed by atoms with Gasteiger partial charge in [0, 0.05) is 25.1 Å². The lowest BCUT2D eigenvalue weighted by molar-refractivity contribution is -0.117. The summed E-state index contributed by atoms with van der Waals surface area (Å²) < 4.78 is 3.64. The van der Waals surface area contributed by atoms with Gasteiger partial charge >= 0.3 is 0 Å². The van der Waals surface area contributed by atoms with Gasteiger partial charge in [-0.2, -0.15) is 14.7 Å².